The van der Waals surface area contributed by atoms with E-state index in [1.165, 1.54) is 13.0 Å². The third kappa shape index (κ3) is 4.80. The second-order valence-corrected chi connectivity index (χ2v) is 4.29. The van der Waals surface area contributed by atoms with E-state index in [4.69, 9.17) is 10.5 Å². The van der Waals surface area contributed by atoms with Crippen molar-refractivity contribution in [2.24, 2.45) is 0 Å². The van der Waals surface area contributed by atoms with Gasteiger partial charge in [0.15, 0.2) is 17.4 Å². The molecule has 0 aliphatic carbocycles. The zero-order valence-corrected chi connectivity index (χ0v) is 12.3. The Morgan fingerprint density at radius 2 is 1.95 bits per heavy atom. The van der Waals surface area contributed by atoms with Gasteiger partial charge in [0.2, 0.25) is 0 Å². The number of allylic oxidation sites excluding steroid dienone is 3. The number of para-hydroxylation sites is 2. The molecule has 4 heteroatoms. The number of ether oxygens (including phenoxy) is 1. The molecular formula is C16H22N2O2. The third-order valence-electron chi connectivity index (χ3n) is 2.78. The summed E-state index contributed by atoms with van der Waals surface area (Å²) in [6, 6.07) is 7.34. The maximum absolute atomic E-state index is 11.0. The summed E-state index contributed by atoms with van der Waals surface area (Å²) in [6.45, 7) is 7.22. The van der Waals surface area contributed by atoms with Gasteiger partial charge in [0.25, 0.3) is 0 Å². The molecule has 0 fully saturated rings. The lowest BCUT2D eigenvalue weighted by Gasteiger charge is -2.24. The molecule has 0 aliphatic heterocycles. The highest BCUT2D eigenvalue weighted by Crippen LogP contribution is 2.23. The van der Waals surface area contributed by atoms with E-state index in [1.54, 1.807) is 18.2 Å². The number of nitrogen functional groups attached to an aromatic ring is 1. The van der Waals surface area contributed by atoms with Crippen molar-refractivity contribution in [1.82, 2.24) is 4.90 Å². The Morgan fingerprint density at radius 1 is 1.30 bits per heavy atom. The quantitative estimate of drug-likeness (QED) is 0.359. The van der Waals surface area contributed by atoms with Crippen molar-refractivity contribution < 1.29 is 9.53 Å². The van der Waals surface area contributed by atoms with Gasteiger partial charge in [-0.3, -0.25) is 4.79 Å². The van der Waals surface area contributed by atoms with E-state index in [0.717, 1.165) is 13.1 Å². The number of nitrogens with two attached hydrogens (primary N) is 1. The molecule has 0 saturated heterocycles. The van der Waals surface area contributed by atoms with Gasteiger partial charge in [0, 0.05) is 13.1 Å². The van der Waals surface area contributed by atoms with Crippen LogP contribution in [-0.4, -0.2) is 23.8 Å². The van der Waals surface area contributed by atoms with Gasteiger partial charge >= 0.3 is 0 Å². The lowest BCUT2D eigenvalue weighted by atomic mass is 10.3. The summed E-state index contributed by atoms with van der Waals surface area (Å²) in [6.07, 6.45) is 4.97. The number of hydrogen-bond acceptors (Lipinski definition) is 4. The van der Waals surface area contributed by atoms with Crippen LogP contribution in [0, 0.1) is 0 Å². The molecule has 1 aromatic rings. The number of rotatable bonds is 7. The van der Waals surface area contributed by atoms with Crippen LogP contribution in [0.3, 0.4) is 0 Å². The summed E-state index contributed by atoms with van der Waals surface area (Å²) in [4.78, 5) is 13.0. The van der Waals surface area contributed by atoms with Crippen molar-refractivity contribution in [3.63, 3.8) is 0 Å². The maximum atomic E-state index is 11.0. The first-order valence-corrected chi connectivity index (χ1v) is 6.74. The Morgan fingerprint density at radius 3 is 2.50 bits per heavy atom. The molecule has 0 unspecified atom stereocenters. The van der Waals surface area contributed by atoms with Gasteiger partial charge in [-0.15, -0.1) is 0 Å². The number of nitrogens with zero attached hydrogens (tertiary/aromatic N) is 1. The van der Waals surface area contributed by atoms with Gasteiger partial charge in [0.05, 0.1) is 5.69 Å². The van der Waals surface area contributed by atoms with E-state index in [1.807, 2.05) is 32.0 Å². The minimum absolute atomic E-state index is 0.000582. The zero-order valence-electron chi connectivity index (χ0n) is 12.3. The summed E-state index contributed by atoms with van der Waals surface area (Å²) >= 11 is 0. The summed E-state index contributed by atoms with van der Waals surface area (Å²) in [5.74, 6) is 1.28. The number of carbonyl (C=O) groups is 1. The lowest BCUT2D eigenvalue weighted by Crippen LogP contribution is -2.25. The highest BCUT2D eigenvalue weighted by atomic mass is 16.5. The van der Waals surface area contributed by atoms with Crippen molar-refractivity contribution in [3.05, 3.63) is 48.4 Å². The molecule has 0 aliphatic rings. The Hall–Kier alpha value is -2.23. The fourth-order valence-corrected chi connectivity index (χ4v) is 1.69. The summed E-state index contributed by atoms with van der Waals surface area (Å²) in [5.41, 5.74) is 6.47. The zero-order chi connectivity index (χ0) is 15.0. The lowest BCUT2D eigenvalue weighted by molar-refractivity contribution is -0.112. The minimum atomic E-state index is -0.000582. The van der Waals surface area contributed by atoms with Crippen molar-refractivity contribution >= 4 is 11.5 Å². The van der Waals surface area contributed by atoms with Gasteiger partial charge in [-0.1, -0.05) is 18.2 Å². The predicted molar refractivity (Wildman–Crippen MR) is 82.3 cm³/mol. The Labute approximate surface area is 120 Å². The number of ketones is 1. The average molecular weight is 274 g/mol. The highest BCUT2D eigenvalue weighted by molar-refractivity contribution is 5.87. The summed E-state index contributed by atoms with van der Waals surface area (Å²) in [5, 5.41) is 0. The van der Waals surface area contributed by atoms with E-state index in [2.05, 4.69) is 4.90 Å². The Kier molecular flexibility index (Phi) is 6.37. The van der Waals surface area contributed by atoms with E-state index < -0.39 is 0 Å². The molecule has 0 heterocycles. The fraction of sp³-hybridized carbons (Fsp3) is 0.312. The van der Waals surface area contributed by atoms with Crippen LogP contribution in [-0.2, 0) is 4.79 Å². The first-order valence-electron chi connectivity index (χ1n) is 6.74. The molecule has 0 atom stereocenters. The number of benzene rings is 1. The third-order valence-corrected chi connectivity index (χ3v) is 2.78. The average Bonchev–Trinajstić information content (AvgIpc) is 2.42. The molecule has 2 N–H and O–H groups in total. The van der Waals surface area contributed by atoms with E-state index >= 15 is 0 Å². The molecule has 0 amide bonds. The number of carbonyl (C=O) groups excluding carboxylic acids is 1. The second kappa shape index (κ2) is 8.04. The van der Waals surface area contributed by atoms with Crippen LogP contribution >= 0.6 is 0 Å². The normalized spacial score (nSPS) is 11.7. The summed E-state index contributed by atoms with van der Waals surface area (Å²) < 4.78 is 5.87. The molecule has 108 valence electrons. The molecule has 0 saturated carbocycles. The van der Waals surface area contributed by atoms with Crippen molar-refractivity contribution in [1.29, 1.82) is 0 Å². The number of anilines is 1. The fourth-order valence-electron chi connectivity index (χ4n) is 1.69. The molecule has 1 aromatic carbocycles. The van der Waals surface area contributed by atoms with E-state index in [-0.39, 0.29) is 5.78 Å². The largest absolute Gasteiger partial charge is 0.439 e. The van der Waals surface area contributed by atoms with Crippen molar-refractivity contribution in [2.75, 3.05) is 18.8 Å². The van der Waals surface area contributed by atoms with E-state index in [0.29, 0.717) is 17.3 Å². The van der Waals surface area contributed by atoms with Crippen LogP contribution < -0.4 is 10.5 Å². The van der Waals surface area contributed by atoms with Gasteiger partial charge < -0.3 is 15.4 Å². The van der Waals surface area contributed by atoms with Crippen molar-refractivity contribution in [3.8, 4) is 5.75 Å². The Bertz CT molecular complexity index is 503. The van der Waals surface area contributed by atoms with Gasteiger partial charge in [-0.25, -0.2) is 0 Å². The molecule has 0 radical (unpaired) electrons. The molecular weight excluding hydrogens is 252 g/mol. The number of hydrogen-bond donors (Lipinski definition) is 1. The van der Waals surface area contributed by atoms with Crippen LogP contribution in [0.4, 0.5) is 5.69 Å². The highest BCUT2D eigenvalue weighted by Gasteiger charge is 2.09. The summed E-state index contributed by atoms with van der Waals surface area (Å²) in [7, 11) is 0. The minimum Gasteiger partial charge on any atom is -0.439 e. The Balaban J connectivity index is 2.99. The first-order chi connectivity index (χ1) is 9.58. The molecule has 0 aromatic heterocycles. The van der Waals surface area contributed by atoms with Gasteiger partial charge in [0.1, 0.15) is 0 Å². The van der Waals surface area contributed by atoms with Crippen LogP contribution in [0.25, 0.3) is 0 Å². The van der Waals surface area contributed by atoms with Crippen LogP contribution in [0.5, 0.6) is 5.75 Å². The van der Waals surface area contributed by atoms with Crippen LogP contribution in [0.2, 0.25) is 0 Å². The smallest absolute Gasteiger partial charge is 0.196 e. The standard InChI is InChI=1S/C16H22N2O2/c1-4-18(5-2)16(12-8-9-13(3)19)20-15-11-7-6-10-14(15)17/h6-12H,4-5,17H2,1-3H3/b9-8+,16-12-. The molecule has 0 spiro atoms. The first kappa shape index (κ1) is 15.8. The van der Waals surface area contributed by atoms with E-state index in [9.17, 15) is 4.79 Å². The SMILES string of the molecule is CCN(CC)/C(=C/C=C/C(C)=O)Oc1ccccc1N. The second-order valence-electron chi connectivity index (χ2n) is 4.29. The monoisotopic (exact) mass is 274 g/mol. The molecule has 20 heavy (non-hydrogen) atoms. The predicted octanol–water partition coefficient (Wildman–Crippen LogP) is 2.98. The molecule has 0 bridgehead atoms. The van der Waals surface area contributed by atoms with Crippen molar-refractivity contribution in [2.45, 2.75) is 20.8 Å². The van der Waals surface area contributed by atoms with Gasteiger partial charge in [-0.05, 0) is 45.1 Å². The molecule has 4 nitrogen and oxygen atoms in total. The van der Waals surface area contributed by atoms with Gasteiger partial charge in [-0.2, -0.15) is 0 Å². The topological polar surface area (TPSA) is 55.6 Å². The molecule has 1 rings (SSSR count). The maximum Gasteiger partial charge on any atom is 0.196 e. The van der Waals surface area contributed by atoms with Crippen LogP contribution in [0.1, 0.15) is 20.8 Å². The van der Waals surface area contributed by atoms with Crippen LogP contribution in [0.15, 0.2) is 48.4 Å².